The lowest BCUT2D eigenvalue weighted by Crippen LogP contribution is -2.16. The number of aromatic nitrogens is 5. The molecular formula is C16H11F5N6O. The van der Waals surface area contributed by atoms with E-state index in [0.29, 0.717) is 24.1 Å². The molecule has 3 aromatic rings. The molecule has 0 unspecified atom stereocenters. The van der Waals surface area contributed by atoms with Crippen molar-refractivity contribution in [3.8, 4) is 5.69 Å². The van der Waals surface area contributed by atoms with Crippen LogP contribution in [0.2, 0.25) is 0 Å². The van der Waals surface area contributed by atoms with Crippen molar-refractivity contribution in [2.75, 3.05) is 5.32 Å². The molecule has 1 aliphatic rings. The third-order valence-corrected chi connectivity index (χ3v) is 4.27. The van der Waals surface area contributed by atoms with Crippen LogP contribution in [-0.4, -0.2) is 30.9 Å². The number of hydrogen-bond acceptors (Lipinski definition) is 4. The highest BCUT2D eigenvalue weighted by Crippen LogP contribution is 2.29. The maximum absolute atomic E-state index is 13.6. The monoisotopic (exact) mass is 398 g/mol. The molecule has 1 amide bonds. The topological polar surface area (TPSA) is 88.5 Å². The Bertz CT molecular complexity index is 1070. The van der Waals surface area contributed by atoms with Crippen LogP contribution in [0.1, 0.15) is 34.0 Å². The van der Waals surface area contributed by atoms with Gasteiger partial charge >= 0.3 is 6.18 Å². The number of hydrogen-bond donors (Lipinski definition) is 2. The van der Waals surface area contributed by atoms with Crippen molar-refractivity contribution >= 4 is 11.9 Å². The number of nitrogens with one attached hydrogen (secondary N) is 2. The molecule has 2 heterocycles. The minimum Gasteiger partial charge on any atom is -0.288 e. The molecule has 0 atom stereocenters. The molecule has 2 N–H and O–H groups in total. The first-order valence-electron chi connectivity index (χ1n) is 8.11. The molecule has 1 aliphatic carbocycles. The normalized spacial score (nSPS) is 13.6. The highest BCUT2D eigenvalue weighted by molar-refractivity contribution is 6.03. The highest BCUT2D eigenvalue weighted by atomic mass is 19.4. The van der Waals surface area contributed by atoms with Crippen LogP contribution < -0.4 is 5.32 Å². The molecule has 0 fully saturated rings. The van der Waals surface area contributed by atoms with Gasteiger partial charge in [0.05, 0.1) is 5.69 Å². The van der Waals surface area contributed by atoms with Gasteiger partial charge in [0.1, 0.15) is 0 Å². The molecule has 0 spiro atoms. The summed E-state index contributed by atoms with van der Waals surface area (Å²) in [5.41, 5.74) is 1.44. The van der Waals surface area contributed by atoms with E-state index in [0.717, 1.165) is 18.6 Å². The Kier molecular flexibility index (Phi) is 4.12. The van der Waals surface area contributed by atoms with Crippen LogP contribution in [-0.2, 0) is 19.0 Å². The second-order valence-corrected chi connectivity index (χ2v) is 6.10. The smallest absolute Gasteiger partial charge is 0.288 e. The first kappa shape index (κ1) is 18.1. The standard InChI is InChI=1S/C16H11F5N6O/c17-9-5-4-7(6-10(9)18)27-11-3-1-2-8(11)12(26-27)13(28)22-15-23-14(24-25-15)16(19,20)21/h4-6H,1-3H2,(H2,22,23,24,25,28). The maximum Gasteiger partial charge on any atom is 0.451 e. The summed E-state index contributed by atoms with van der Waals surface area (Å²) in [5.74, 6) is -4.78. The number of fused-ring (bicyclic) bond motifs is 1. The lowest BCUT2D eigenvalue weighted by molar-refractivity contribution is -0.144. The maximum atomic E-state index is 13.6. The minimum atomic E-state index is -4.73. The van der Waals surface area contributed by atoms with Crippen molar-refractivity contribution in [2.24, 2.45) is 0 Å². The third kappa shape index (κ3) is 3.10. The summed E-state index contributed by atoms with van der Waals surface area (Å²) in [5, 5.41) is 11.3. The summed E-state index contributed by atoms with van der Waals surface area (Å²) in [6.07, 6.45) is -2.93. The first-order chi connectivity index (χ1) is 13.2. The Morgan fingerprint density at radius 2 is 1.96 bits per heavy atom. The predicted molar refractivity (Wildman–Crippen MR) is 84.8 cm³/mol. The van der Waals surface area contributed by atoms with Gasteiger partial charge in [-0.05, 0) is 31.4 Å². The quantitative estimate of drug-likeness (QED) is 0.664. The van der Waals surface area contributed by atoms with Gasteiger partial charge in [0.2, 0.25) is 11.8 Å². The molecule has 0 aliphatic heterocycles. The Hall–Kier alpha value is -3.31. The molecule has 0 radical (unpaired) electrons. The lowest BCUT2D eigenvalue weighted by atomic mass is 10.2. The summed E-state index contributed by atoms with van der Waals surface area (Å²) in [7, 11) is 0. The van der Waals surface area contributed by atoms with Crippen LogP contribution in [0.5, 0.6) is 0 Å². The van der Waals surface area contributed by atoms with Gasteiger partial charge in [-0.1, -0.05) is 0 Å². The lowest BCUT2D eigenvalue weighted by Gasteiger charge is -2.06. The van der Waals surface area contributed by atoms with E-state index in [4.69, 9.17) is 0 Å². The first-order valence-corrected chi connectivity index (χ1v) is 8.11. The number of aromatic amines is 1. The predicted octanol–water partition coefficient (Wildman–Crippen LogP) is 3.03. The second kappa shape index (κ2) is 6.39. The number of rotatable bonds is 3. The molecular weight excluding hydrogens is 387 g/mol. The van der Waals surface area contributed by atoms with Gasteiger partial charge in [-0.15, -0.1) is 5.10 Å². The Balaban J connectivity index is 1.66. The van der Waals surface area contributed by atoms with Crippen molar-refractivity contribution in [3.63, 3.8) is 0 Å². The molecule has 0 saturated carbocycles. The molecule has 0 bridgehead atoms. The molecule has 4 rings (SSSR count). The van der Waals surface area contributed by atoms with E-state index in [9.17, 15) is 26.7 Å². The van der Waals surface area contributed by atoms with Crippen molar-refractivity contribution in [1.29, 1.82) is 0 Å². The number of carbonyl (C=O) groups is 1. The van der Waals surface area contributed by atoms with Crippen LogP contribution in [0, 0.1) is 11.6 Å². The van der Waals surface area contributed by atoms with E-state index in [2.05, 4.69) is 20.5 Å². The van der Waals surface area contributed by atoms with E-state index in [-0.39, 0.29) is 11.4 Å². The summed E-state index contributed by atoms with van der Waals surface area (Å²) in [4.78, 5) is 15.7. The fourth-order valence-corrected chi connectivity index (χ4v) is 3.06. The Labute approximate surface area is 153 Å². The van der Waals surface area contributed by atoms with Crippen LogP contribution in [0.3, 0.4) is 0 Å². The number of halogens is 5. The summed E-state index contributed by atoms with van der Waals surface area (Å²) >= 11 is 0. The number of carbonyl (C=O) groups excluding carboxylic acids is 1. The molecule has 1 aromatic carbocycles. The third-order valence-electron chi connectivity index (χ3n) is 4.27. The summed E-state index contributed by atoms with van der Waals surface area (Å²) in [6, 6.07) is 3.21. The fraction of sp³-hybridized carbons (Fsp3) is 0.250. The largest absolute Gasteiger partial charge is 0.451 e. The highest BCUT2D eigenvalue weighted by Gasteiger charge is 2.36. The number of benzene rings is 1. The van der Waals surface area contributed by atoms with Crippen LogP contribution in [0.4, 0.5) is 27.9 Å². The van der Waals surface area contributed by atoms with Gasteiger partial charge in [-0.2, -0.15) is 23.3 Å². The van der Waals surface area contributed by atoms with Crippen LogP contribution >= 0.6 is 0 Å². The fourth-order valence-electron chi connectivity index (χ4n) is 3.06. The van der Waals surface area contributed by atoms with Crippen molar-refractivity contribution in [1.82, 2.24) is 25.0 Å². The Morgan fingerprint density at radius 1 is 1.18 bits per heavy atom. The zero-order valence-electron chi connectivity index (χ0n) is 13.9. The van der Waals surface area contributed by atoms with Crippen LogP contribution in [0.15, 0.2) is 18.2 Å². The summed E-state index contributed by atoms with van der Waals surface area (Å²) in [6.45, 7) is 0. The average molecular weight is 398 g/mol. The number of alkyl halides is 3. The number of anilines is 1. The van der Waals surface area contributed by atoms with Crippen molar-refractivity contribution in [3.05, 3.63) is 52.6 Å². The zero-order valence-corrected chi connectivity index (χ0v) is 13.9. The molecule has 7 nitrogen and oxygen atoms in total. The van der Waals surface area contributed by atoms with E-state index >= 15 is 0 Å². The van der Waals surface area contributed by atoms with E-state index < -0.39 is 35.5 Å². The van der Waals surface area contributed by atoms with Crippen molar-refractivity contribution in [2.45, 2.75) is 25.4 Å². The van der Waals surface area contributed by atoms with E-state index in [1.165, 1.54) is 10.7 Å². The zero-order chi connectivity index (χ0) is 20.1. The molecule has 146 valence electrons. The van der Waals surface area contributed by atoms with E-state index in [1.54, 1.807) is 5.10 Å². The molecule has 12 heteroatoms. The van der Waals surface area contributed by atoms with Gasteiger partial charge in [-0.25, -0.2) is 13.5 Å². The molecule has 2 aromatic heterocycles. The van der Waals surface area contributed by atoms with Gasteiger partial charge in [0.15, 0.2) is 17.3 Å². The van der Waals surface area contributed by atoms with Gasteiger partial charge in [0, 0.05) is 17.3 Å². The van der Waals surface area contributed by atoms with Crippen molar-refractivity contribution < 1.29 is 26.7 Å². The van der Waals surface area contributed by atoms with Gasteiger partial charge < -0.3 is 0 Å². The minimum absolute atomic E-state index is 0.0319. The number of H-pyrrole nitrogens is 1. The van der Waals surface area contributed by atoms with Crippen LogP contribution in [0.25, 0.3) is 5.69 Å². The average Bonchev–Trinajstić information content (AvgIpc) is 3.32. The molecule has 0 saturated heterocycles. The van der Waals surface area contributed by atoms with Gasteiger partial charge in [-0.3, -0.25) is 15.2 Å². The molecule has 28 heavy (non-hydrogen) atoms. The van der Waals surface area contributed by atoms with E-state index in [1.807, 2.05) is 0 Å². The summed E-state index contributed by atoms with van der Waals surface area (Å²) < 4.78 is 65.8. The SMILES string of the molecule is O=C(Nc1n[nH]c(C(F)(F)F)n1)c1nn(-c2ccc(F)c(F)c2)c2c1CCC2. The van der Waals surface area contributed by atoms with Gasteiger partial charge in [0.25, 0.3) is 5.91 Å². The Morgan fingerprint density at radius 3 is 2.64 bits per heavy atom. The number of amides is 1. The number of nitrogens with zero attached hydrogens (tertiary/aromatic N) is 4. The second-order valence-electron chi connectivity index (χ2n) is 6.10.